The zero-order chi connectivity index (χ0) is 21.0. The molecule has 0 saturated heterocycles. The first-order chi connectivity index (χ1) is 13.1. The summed E-state index contributed by atoms with van der Waals surface area (Å²) in [5, 5.41) is 17.0. The van der Waals surface area contributed by atoms with Gasteiger partial charge in [0.05, 0.1) is 22.5 Å². The quantitative estimate of drug-likeness (QED) is 0.327. The zero-order valence-electron chi connectivity index (χ0n) is 15.6. The lowest BCUT2D eigenvalue weighted by Crippen LogP contribution is -2.21. The van der Waals surface area contributed by atoms with Crippen molar-refractivity contribution in [3.05, 3.63) is 50.4 Å². The van der Waals surface area contributed by atoms with Crippen LogP contribution >= 0.6 is 23.6 Å². The van der Waals surface area contributed by atoms with E-state index in [0.29, 0.717) is 21.1 Å². The van der Waals surface area contributed by atoms with E-state index in [2.05, 4.69) is 10.6 Å². The normalized spacial score (nSPS) is 10.1. The molecule has 0 radical (unpaired) electrons. The molecule has 9 nitrogen and oxygen atoms in total. The van der Waals surface area contributed by atoms with E-state index in [1.165, 1.54) is 36.3 Å². The number of thiocarbonyl (C=S) groups is 1. The highest BCUT2D eigenvalue weighted by Gasteiger charge is 2.26. The molecule has 148 valence electrons. The van der Waals surface area contributed by atoms with E-state index < -0.39 is 10.9 Å². The highest BCUT2D eigenvalue weighted by atomic mass is 32.1. The number of nitrogens with one attached hydrogen (secondary N) is 2. The molecule has 0 atom stereocenters. The molecule has 0 unspecified atom stereocenters. The van der Waals surface area contributed by atoms with E-state index in [-0.39, 0.29) is 22.3 Å². The molecular formula is C17H18N4O5S2. The van der Waals surface area contributed by atoms with Crippen LogP contribution in [0.15, 0.2) is 24.3 Å². The Morgan fingerprint density at radius 1 is 1.21 bits per heavy atom. The second-order valence-electron chi connectivity index (χ2n) is 5.83. The van der Waals surface area contributed by atoms with E-state index >= 15 is 0 Å². The maximum absolute atomic E-state index is 12.4. The first-order valence-corrected chi connectivity index (χ1v) is 9.14. The van der Waals surface area contributed by atoms with Crippen LogP contribution in [-0.2, 0) is 4.74 Å². The van der Waals surface area contributed by atoms with Crippen molar-refractivity contribution < 1.29 is 19.2 Å². The highest BCUT2D eigenvalue weighted by Crippen LogP contribution is 2.34. The standard InChI is InChI=1S/C17H18N4O5S2/c1-9-12(16(23)26-4)14(28-13(9)15(22)20(2)3)19-17(27)18-10-5-7-11(8-6-10)21(24)25/h5-8H,1-4H3,(H2,18,19,27). The molecule has 2 N–H and O–H groups in total. The van der Waals surface area contributed by atoms with Crippen LogP contribution in [0.1, 0.15) is 25.6 Å². The Hall–Kier alpha value is -3.05. The van der Waals surface area contributed by atoms with Crippen molar-refractivity contribution in [2.75, 3.05) is 31.8 Å². The predicted octanol–water partition coefficient (Wildman–Crippen LogP) is 3.26. The van der Waals surface area contributed by atoms with Crippen molar-refractivity contribution in [1.82, 2.24) is 4.90 Å². The van der Waals surface area contributed by atoms with Gasteiger partial charge < -0.3 is 20.3 Å². The van der Waals surface area contributed by atoms with Gasteiger partial charge in [-0.3, -0.25) is 14.9 Å². The summed E-state index contributed by atoms with van der Waals surface area (Å²) in [5.41, 5.74) is 1.21. The lowest BCUT2D eigenvalue weighted by molar-refractivity contribution is -0.384. The topological polar surface area (TPSA) is 114 Å². The van der Waals surface area contributed by atoms with Crippen LogP contribution in [0, 0.1) is 17.0 Å². The largest absolute Gasteiger partial charge is 0.465 e. The zero-order valence-corrected chi connectivity index (χ0v) is 17.2. The van der Waals surface area contributed by atoms with Crippen LogP contribution in [0.3, 0.4) is 0 Å². The number of benzene rings is 1. The van der Waals surface area contributed by atoms with E-state index in [9.17, 15) is 19.7 Å². The number of thiophene rings is 1. The SMILES string of the molecule is COC(=O)c1c(NC(=S)Nc2ccc([N+](=O)[O-])cc2)sc(C(=O)N(C)C)c1C. The van der Waals surface area contributed by atoms with Crippen LogP contribution < -0.4 is 10.6 Å². The summed E-state index contributed by atoms with van der Waals surface area (Å²) >= 11 is 6.35. The van der Waals surface area contributed by atoms with Gasteiger partial charge in [0, 0.05) is 31.9 Å². The van der Waals surface area contributed by atoms with E-state index in [1.54, 1.807) is 21.0 Å². The second kappa shape index (κ2) is 8.76. The molecular weight excluding hydrogens is 404 g/mol. The maximum atomic E-state index is 12.4. The Balaban J connectivity index is 2.27. The summed E-state index contributed by atoms with van der Waals surface area (Å²) in [5.74, 6) is -0.831. The number of methoxy groups -OCH3 is 1. The van der Waals surface area contributed by atoms with Gasteiger partial charge in [0.15, 0.2) is 5.11 Å². The molecule has 1 amide bonds. The number of esters is 1. The van der Waals surface area contributed by atoms with Gasteiger partial charge in [-0.15, -0.1) is 11.3 Å². The highest BCUT2D eigenvalue weighted by molar-refractivity contribution is 7.80. The smallest absolute Gasteiger partial charge is 0.341 e. The van der Waals surface area contributed by atoms with Crippen molar-refractivity contribution in [1.29, 1.82) is 0 Å². The van der Waals surface area contributed by atoms with Crippen molar-refractivity contribution >= 4 is 56.9 Å². The van der Waals surface area contributed by atoms with Gasteiger partial charge in [-0.25, -0.2) is 4.79 Å². The third kappa shape index (κ3) is 4.61. The molecule has 1 heterocycles. The molecule has 11 heteroatoms. The van der Waals surface area contributed by atoms with Crippen molar-refractivity contribution in [3.8, 4) is 0 Å². The summed E-state index contributed by atoms with van der Waals surface area (Å²) in [6, 6.07) is 5.70. The average Bonchev–Trinajstić information content (AvgIpc) is 2.96. The number of hydrogen-bond acceptors (Lipinski definition) is 7. The van der Waals surface area contributed by atoms with Crippen LogP contribution in [0.2, 0.25) is 0 Å². The number of amides is 1. The number of carbonyl (C=O) groups is 2. The Bertz CT molecular complexity index is 938. The molecule has 0 aliphatic heterocycles. The molecule has 0 aliphatic carbocycles. The molecule has 0 bridgehead atoms. The van der Waals surface area contributed by atoms with Gasteiger partial charge in [-0.1, -0.05) is 0 Å². The Morgan fingerprint density at radius 2 is 1.82 bits per heavy atom. The van der Waals surface area contributed by atoms with Gasteiger partial charge in [0.1, 0.15) is 5.00 Å². The number of hydrogen-bond donors (Lipinski definition) is 2. The van der Waals surface area contributed by atoms with E-state index in [0.717, 1.165) is 11.3 Å². The predicted molar refractivity (Wildman–Crippen MR) is 111 cm³/mol. The van der Waals surface area contributed by atoms with Crippen molar-refractivity contribution in [3.63, 3.8) is 0 Å². The number of carbonyl (C=O) groups excluding carboxylic acids is 2. The van der Waals surface area contributed by atoms with E-state index in [4.69, 9.17) is 17.0 Å². The molecule has 2 rings (SSSR count). The van der Waals surface area contributed by atoms with Gasteiger partial charge in [-0.2, -0.15) is 0 Å². The molecule has 0 fully saturated rings. The fraction of sp³-hybridized carbons (Fsp3) is 0.235. The fourth-order valence-corrected chi connectivity index (χ4v) is 3.79. The molecule has 0 aliphatic rings. The number of nitro groups is 1. The van der Waals surface area contributed by atoms with Gasteiger partial charge in [0.25, 0.3) is 11.6 Å². The summed E-state index contributed by atoms with van der Waals surface area (Å²) in [4.78, 5) is 36.6. The number of anilines is 2. The summed E-state index contributed by atoms with van der Waals surface area (Å²) in [6.45, 7) is 1.66. The fourth-order valence-electron chi connectivity index (χ4n) is 2.29. The lowest BCUT2D eigenvalue weighted by Gasteiger charge is -2.10. The van der Waals surface area contributed by atoms with Gasteiger partial charge in [-0.05, 0) is 36.8 Å². The number of nitrogens with zero attached hydrogens (tertiary/aromatic N) is 2. The molecule has 1 aromatic carbocycles. The minimum Gasteiger partial charge on any atom is -0.465 e. The number of rotatable bonds is 5. The minimum atomic E-state index is -0.591. The van der Waals surface area contributed by atoms with Crippen molar-refractivity contribution in [2.45, 2.75) is 6.92 Å². The molecule has 0 spiro atoms. The molecule has 0 saturated carbocycles. The number of nitro benzene ring substituents is 1. The van der Waals surface area contributed by atoms with Crippen molar-refractivity contribution in [2.24, 2.45) is 0 Å². The number of non-ortho nitro benzene ring substituents is 1. The maximum Gasteiger partial charge on any atom is 0.341 e. The second-order valence-corrected chi connectivity index (χ2v) is 7.26. The average molecular weight is 422 g/mol. The number of ether oxygens (including phenoxy) is 1. The van der Waals surface area contributed by atoms with Crippen LogP contribution in [0.25, 0.3) is 0 Å². The third-order valence-corrected chi connectivity index (χ3v) is 5.10. The molecule has 2 aromatic rings. The van der Waals surface area contributed by atoms with Gasteiger partial charge in [0.2, 0.25) is 0 Å². The van der Waals surface area contributed by atoms with Gasteiger partial charge >= 0.3 is 5.97 Å². The molecule has 1 aromatic heterocycles. The Kier molecular flexibility index (Phi) is 6.65. The third-order valence-electron chi connectivity index (χ3n) is 3.70. The van der Waals surface area contributed by atoms with Crippen LogP contribution in [0.4, 0.5) is 16.4 Å². The summed E-state index contributed by atoms with van der Waals surface area (Å²) < 4.78 is 4.82. The van der Waals surface area contributed by atoms with E-state index in [1.807, 2.05) is 0 Å². The monoisotopic (exact) mass is 422 g/mol. The van der Waals surface area contributed by atoms with Crippen LogP contribution in [0.5, 0.6) is 0 Å². The first kappa shape index (κ1) is 21.3. The summed E-state index contributed by atoms with van der Waals surface area (Å²) in [7, 11) is 4.49. The Morgan fingerprint density at radius 3 is 2.32 bits per heavy atom. The van der Waals surface area contributed by atoms with Crippen LogP contribution in [-0.4, -0.2) is 48.0 Å². The Labute approximate surface area is 170 Å². The first-order valence-electron chi connectivity index (χ1n) is 7.91. The lowest BCUT2D eigenvalue weighted by atomic mass is 10.1. The minimum absolute atomic E-state index is 0.0434. The molecule has 28 heavy (non-hydrogen) atoms. The summed E-state index contributed by atoms with van der Waals surface area (Å²) in [6.07, 6.45) is 0.